The van der Waals surface area contributed by atoms with E-state index in [0.29, 0.717) is 19.2 Å². The molecule has 0 aromatic heterocycles. The molecule has 1 saturated carbocycles. The van der Waals surface area contributed by atoms with E-state index in [1.807, 2.05) is 11.0 Å². The lowest BCUT2D eigenvalue weighted by molar-refractivity contribution is -0.0444. The Labute approximate surface area is 139 Å². The fourth-order valence-electron chi connectivity index (χ4n) is 3.58. The minimum Gasteiger partial charge on any atom is -0.374 e. The molecular weight excluding hydrogens is 288 g/mol. The van der Waals surface area contributed by atoms with Crippen molar-refractivity contribution in [3.63, 3.8) is 0 Å². The summed E-state index contributed by atoms with van der Waals surface area (Å²) in [5.74, 6) is 0. The van der Waals surface area contributed by atoms with Crippen LogP contribution in [0.4, 0.5) is 4.79 Å². The largest absolute Gasteiger partial charge is 0.374 e. The van der Waals surface area contributed by atoms with Gasteiger partial charge < -0.3 is 15.0 Å². The Hall–Kier alpha value is -1.55. The Morgan fingerprint density at radius 2 is 2.00 bits per heavy atom. The van der Waals surface area contributed by atoms with E-state index in [9.17, 15) is 4.79 Å². The van der Waals surface area contributed by atoms with Crippen LogP contribution in [0.2, 0.25) is 0 Å². The minimum absolute atomic E-state index is 0.0948. The predicted molar refractivity (Wildman–Crippen MR) is 91.5 cm³/mol. The molecule has 2 unspecified atom stereocenters. The van der Waals surface area contributed by atoms with Gasteiger partial charge >= 0.3 is 6.03 Å². The van der Waals surface area contributed by atoms with E-state index in [1.165, 1.54) is 18.4 Å². The van der Waals surface area contributed by atoms with Crippen molar-refractivity contribution in [2.75, 3.05) is 13.2 Å². The van der Waals surface area contributed by atoms with E-state index in [4.69, 9.17) is 4.74 Å². The number of hydrogen-bond donors (Lipinski definition) is 1. The van der Waals surface area contributed by atoms with Crippen LogP contribution in [0, 0.1) is 0 Å². The summed E-state index contributed by atoms with van der Waals surface area (Å²) in [6, 6.07) is 11.1. The molecule has 1 aliphatic carbocycles. The van der Waals surface area contributed by atoms with E-state index in [0.717, 1.165) is 25.7 Å². The van der Waals surface area contributed by atoms with Crippen molar-refractivity contribution in [2.24, 2.45) is 0 Å². The number of rotatable bonds is 4. The molecule has 2 fully saturated rings. The standard InChI is InChI=1S/C19H28N2O2/c1-15-14-23-18(12-11-16-7-3-2-4-8-16)13-21(15)19(22)20-17-9-5-6-10-17/h2-4,7-8,15,17-18H,5-6,9-14H2,1H3,(H,20,22). The first-order chi connectivity index (χ1) is 11.2. The highest BCUT2D eigenvalue weighted by molar-refractivity contribution is 5.75. The molecule has 2 aliphatic rings. The maximum atomic E-state index is 12.5. The molecule has 1 N–H and O–H groups in total. The number of carbonyl (C=O) groups is 1. The highest BCUT2D eigenvalue weighted by atomic mass is 16.5. The van der Waals surface area contributed by atoms with Gasteiger partial charge in [-0.15, -0.1) is 0 Å². The Balaban J connectivity index is 1.50. The molecule has 1 saturated heterocycles. The van der Waals surface area contributed by atoms with Crippen LogP contribution in [0.15, 0.2) is 30.3 Å². The summed E-state index contributed by atoms with van der Waals surface area (Å²) in [5.41, 5.74) is 1.33. The van der Waals surface area contributed by atoms with Gasteiger partial charge in [-0.1, -0.05) is 43.2 Å². The van der Waals surface area contributed by atoms with Gasteiger partial charge in [0, 0.05) is 12.6 Å². The van der Waals surface area contributed by atoms with Gasteiger partial charge in [-0.2, -0.15) is 0 Å². The predicted octanol–water partition coefficient (Wildman–Crippen LogP) is 3.36. The maximum absolute atomic E-state index is 12.5. The van der Waals surface area contributed by atoms with Gasteiger partial charge in [0.05, 0.1) is 18.8 Å². The number of urea groups is 1. The molecule has 0 spiro atoms. The first kappa shape index (κ1) is 16.3. The summed E-state index contributed by atoms with van der Waals surface area (Å²) in [6.45, 7) is 3.41. The third kappa shape index (κ3) is 4.47. The van der Waals surface area contributed by atoms with Gasteiger partial charge in [0.15, 0.2) is 0 Å². The van der Waals surface area contributed by atoms with Crippen LogP contribution in [0.25, 0.3) is 0 Å². The summed E-state index contributed by atoms with van der Waals surface area (Å²) in [5, 5.41) is 3.20. The molecule has 2 atom stereocenters. The summed E-state index contributed by atoms with van der Waals surface area (Å²) in [4.78, 5) is 14.5. The molecule has 4 nitrogen and oxygen atoms in total. The summed E-state index contributed by atoms with van der Waals surface area (Å²) in [6.07, 6.45) is 6.83. The number of amides is 2. The lowest BCUT2D eigenvalue weighted by Crippen LogP contribution is -2.55. The van der Waals surface area contributed by atoms with E-state index < -0.39 is 0 Å². The normalized spacial score (nSPS) is 25.5. The zero-order chi connectivity index (χ0) is 16.1. The first-order valence-electron chi connectivity index (χ1n) is 8.95. The topological polar surface area (TPSA) is 41.6 Å². The minimum atomic E-state index is 0.0948. The summed E-state index contributed by atoms with van der Waals surface area (Å²) in [7, 11) is 0. The molecule has 2 amide bonds. The quantitative estimate of drug-likeness (QED) is 0.925. The molecule has 126 valence electrons. The number of benzene rings is 1. The van der Waals surface area contributed by atoms with Crippen LogP contribution in [-0.4, -0.2) is 42.3 Å². The summed E-state index contributed by atoms with van der Waals surface area (Å²) < 4.78 is 5.94. The third-order valence-electron chi connectivity index (χ3n) is 5.05. The second kappa shape index (κ2) is 7.82. The number of morpholine rings is 1. The van der Waals surface area contributed by atoms with Crippen molar-refractivity contribution in [3.05, 3.63) is 35.9 Å². The monoisotopic (exact) mass is 316 g/mol. The Morgan fingerprint density at radius 3 is 2.74 bits per heavy atom. The molecule has 1 aromatic carbocycles. The van der Waals surface area contributed by atoms with E-state index >= 15 is 0 Å². The highest BCUT2D eigenvalue weighted by Crippen LogP contribution is 2.20. The Bertz CT molecular complexity index is 499. The zero-order valence-electron chi connectivity index (χ0n) is 14.0. The number of ether oxygens (including phenoxy) is 1. The van der Waals surface area contributed by atoms with E-state index in [1.54, 1.807) is 0 Å². The van der Waals surface area contributed by atoms with Crippen molar-refractivity contribution < 1.29 is 9.53 Å². The summed E-state index contributed by atoms with van der Waals surface area (Å²) >= 11 is 0. The fourth-order valence-corrected chi connectivity index (χ4v) is 3.58. The molecule has 1 aliphatic heterocycles. The van der Waals surface area contributed by atoms with E-state index in [-0.39, 0.29) is 18.2 Å². The highest BCUT2D eigenvalue weighted by Gasteiger charge is 2.30. The van der Waals surface area contributed by atoms with Crippen LogP contribution < -0.4 is 5.32 Å². The van der Waals surface area contributed by atoms with Crippen LogP contribution in [-0.2, 0) is 11.2 Å². The first-order valence-corrected chi connectivity index (χ1v) is 8.95. The zero-order valence-corrected chi connectivity index (χ0v) is 14.0. The van der Waals surface area contributed by atoms with E-state index in [2.05, 4.69) is 36.5 Å². The molecule has 0 radical (unpaired) electrons. The van der Waals surface area contributed by atoms with Crippen LogP contribution in [0.3, 0.4) is 0 Å². The average Bonchev–Trinajstić information content (AvgIpc) is 3.08. The van der Waals surface area contributed by atoms with Gasteiger partial charge in [-0.05, 0) is 38.2 Å². The van der Waals surface area contributed by atoms with Crippen LogP contribution in [0.1, 0.15) is 44.6 Å². The van der Waals surface area contributed by atoms with Gasteiger partial charge in [0.25, 0.3) is 0 Å². The SMILES string of the molecule is CC1COC(CCc2ccccc2)CN1C(=O)NC1CCCC1. The average molecular weight is 316 g/mol. The van der Waals surface area contributed by atoms with Crippen molar-refractivity contribution in [2.45, 2.75) is 63.6 Å². The molecular formula is C19H28N2O2. The van der Waals surface area contributed by atoms with Crippen molar-refractivity contribution in [3.8, 4) is 0 Å². The number of aryl methyl sites for hydroxylation is 1. The lowest BCUT2D eigenvalue weighted by atomic mass is 10.0. The Kier molecular flexibility index (Phi) is 5.55. The molecule has 1 heterocycles. The number of hydrogen-bond acceptors (Lipinski definition) is 2. The fraction of sp³-hybridized carbons (Fsp3) is 0.632. The second-order valence-corrected chi connectivity index (χ2v) is 6.91. The lowest BCUT2D eigenvalue weighted by Gasteiger charge is -2.38. The molecule has 0 bridgehead atoms. The number of nitrogens with one attached hydrogen (secondary N) is 1. The number of carbonyl (C=O) groups excluding carboxylic acids is 1. The molecule has 4 heteroatoms. The molecule has 23 heavy (non-hydrogen) atoms. The van der Waals surface area contributed by atoms with Gasteiger partial charge in [-0.3, -0.25) is 0 Å². The van der Waals surface area contributed by atoms with Crippen LogP contribution >= 0.6 is 0 Å². The Morgan fingerprint density at radius 1 is 1.26 bits per heavy atom. The number of nitrogens with zero attached hydrogens (tertiary/aromatic N) is 1. The molecule has 3 rings (SSSR count). The molecule has 1 aromatic rings. The van der Waals surface area contributed by atoms with Crippen molar-refractivity contribution in [1.82, 2.24) is 10.2 Å². The van der Waals surface area contributed by atoms with Crippen molar-refractivity contribution in [1.29, 1.82) is 0 Å². The smallest absolute Gasteiger partial charge is 0.318 e. The van der Waals surface area contributed by atoms with Crippen LogP contribution in [0.5, 0.6) is 0 Å². The maximum Gasteiger partial charge on any atom is 0.318 e. The van der Waals surface area contributed by atoms with Gasteiger partial charge in [-0.25, -0.2) is 4.79 Å². The van der Waals surface area contributed by atoms with Gasteiger partial charge in [0.2, 0.25) is 0 Å². The second-order valence-electron chi connectivity index (χ2n) is 6.91. The third-order valence-corrected chi connectivity index (χ3v) is 5.05. The van der Waals surface area contributed by atoms with Crippen molar-refractivity contribution >= 4 is 6.03 Å². The van der Waals surface area contributed by atoms with Gasteiger partial charge in [0.1, 0.15) is 0 Å².